The number of nitrogens with one attached hydrogen (secondary N) is 2. The number of carbonyl (C=O) groups excluding carboxylic acids is 2. The molecule has 1 aromatic carbocycles. The van der Waals surface area contributed by atoms with Gasteiger partial charge in [0.05, 0.1) is 0 Å². The van der Waals surface area contributed by atoms with Crippen LogP contribution in [-0.2, 0) is 9.59 Å². The average molecular weight is 319 g/mol. The van der Waals surface area contributed by atoms with Crippen LogP contribution < -0.4 is 10.6 Å². The van der Waals surface area contributed by atoms with Crippen LogP contribution in [0.1, 0.15) is 12.8 Å². The molecule has 0 spiro atoms. The number of anilines is 1. The Hall–Kier alpha value is -1.50. The highest BCUT2D eigenvalue weighted by Crippen LogP contribution is 2.24. The largest absolute Gasteiger partial charge is 0.344 e. The fourth-order valence-electron chi connectivity index (χ4n) is 1.68. The molecule has 18 heavy (non-hydrogen) atoms. The number of hydrogen-bond donors (Lipinski definition) is 2. The van der Waals surface area contributed by atoms with Crippen LogP contribution in [0, 0.1) is 11.6 Å². The maximum absolute atomic E-state index is 13.5. The minimum absolute atomic E-state index is 0.239. The molecule has 0 unspecified atom stereocenters. The molecule has 1 saturated heterocycles. The smallest absolute Gasteiger partial charge is 0.247 e. The van der Waals surface area contributed by atoms with Crippen LogP contribution >= 0.6 is 15.9 Å². The van der Waals surface area contributed by atoms with Gasteiger partial charge in [-0.1, -0.05) is 15.9 Å². The first-order valence-corrected chi connectivity index (χ1v) is 6.01. The van der Waals surface area contributed by atoms with Gasteiger partial charge < -0.3 is 10.6 Å². The number of hydrogen-bond acceptors (Lipinski definition) is 2. The summed E-state index contributed by atoms with van der Waals surface area (Å²) in [5.41, 5.74) is -0.510. The van der Waals surface area contributed by atoms with Gasteiger partial charge in [-0.25, -0.2) is 8.78 Å². The molecular weight excluding hydrogens is 310 g/mol. The van der Waals surface area contributed by atoms with Crippen molar-refractivity contribution in [2.45, 2.75) is 18.9 Å². The third-order valence-corrected chi connectivity index (χ3v) is 3.02. The van der Waals surface area contributed by atoms with Crippen molar-refractivity contribution in [1.29, 1.82) is 0 Å². The maximum atomic E-state index is 13.5. The summed E-state index contributed by atoms with van der Waals surface area (Å²) >= 11 is 2.94. The molecule has 2 amide bonds. The maximum Gasteiger partial charge on any atom is 0.247 e. The fourth-order valence-corrected chi connectivity index (χ4v) is 2.08. The highest BCUT2D eigenvalue weighted by Gasteiger charge is 2.28. The van der Waals surface area contributed by atoms with E-state index in [2.05, 4.69) is 26.6 Å². The highest BCUT2D eigenvalue weighted by atomic mass is 79.9. The Bertz CT molecular complexity index is 499. The number of amides is 2. The number of carbonyl (C=O) groups is 2. The second-order valence-electron chi connectivity index (χ2n) is 3.89. The predicted molar refractivity (Wildman–Crippen MR) is 63.9 cm³/mol. The van der Waals surface area contributed by atoms with Gasteiger partial charge in [0.2, 0.25) is 11.8 Å². The SMILES string of the molecule is O=C1CC[C@@H](C(=O)Nc2c(F)cc(Br)cc2F)N1. The van der Waals surface area contributed by atoms with Crippen LogP contribution in [0.4, 0.5) is 14.5 Å². The second-order valence-corrected chi connectivity index (χ2v) is 4.81. The molecule has 1 aliphatic rings. The minimum atomic E-state index is -0.875. The van der Waals surface area contributed by atoms with Crippen LogP contribution in [0.5, 0.6) is 0 Å². The van der Waals surface area contributed by atoms with Gasteiger partial charge in [-0.05, 0) is 18.6 Å². The highest BCUT2D eigenvalue weighted by molar-refractivity contribution is 9.10. The summed E-state index contributed by atoms with van der Waals surface area (Å²) in [6, 6.07) is 1.36. The van der Waals surface area contributed by atoms with Crippen LogP contribution in [-0.4, -0.2) is 17.9 Å². The van der Waals surface area contributed by atoms with E-state index in [1.807, 2.05) is 0 Å². The standard InChI is InChI=1S/C11H9BrF2N2O2/c12-5-3-6(13)10(7(14)4-5)16-11(18)8-1-2-9(17)15-8/h3-4,8H,1-2H2,(H,15,17)(H,16,18)/t8-/m0/s1. The Balaban J connectivity index is 2.14. The van der Waals surface area contributed by atoms with Gasteiger partial charge in [0.1, 0.15) is 11.7 Å². The van der Waals surface area contributed by atoms with E-state index in [-0.39, 0.29) is 16.8 Å². The monoisotopic (exact) mass is 318 g/mol. The van der Waals surface area contributed by atoms with Crippen LogP contribution in [0.25, 0.3) is 0 Å². The molecule has 2 rings (SSSR count). The minimum Gasteiger partial charge on any atom is -0.344 e. The molecule has 1 aromatic rings. The van der Waals surface area contributed by atoms with Crippen molar-refractivity contribution in [3.05, 3.63) is 28.2 Å². The zero-order valence-electron chi connectivity index (χ0n) is 9.10. The molecule has 1 fully saturated rings. The fraction of sp³-hybridized carbons (Fsp3) is 0.273. The first-order chi connectivity index (χ1) is 8.47. The van der Waals surface area contributed by atoms with Crippen molar-refractivity contribution in [1.82, 2.24) is 5.32 Å². The molecule has 96 valence electrons. The predicted octanol–water partition coefficient (Wildman–Crippen LogP) is 1.94. The summed E-state index contributed by atoms with van der Waals surface area (Å²) in [7, 11) is 0. The molecule has 1 heterocycles. The summed E-state index contributed by atoms with van der Waals surface area (Å²) in [5.74, 6) is -2.62. The molecule has 1 atom stereocenters. The van der Waals surface area contributed by atoms with Crippen molar-refractivity contribution < 1.29 is 18.4 Å². The molecule has 0 aliphatic carbocycles. The summed E-state index contributed by atoms with van der Waals surface area (Å²) in [6.07, 6.45) is 0.563. The van der Waals surface area contributed by atoms with E-state index in [1.54, 1.807) is 0 Å². The molecule has 0 radical (unpaired) electrons. The zero-order valence-corrected chi connectivity index (χ0v) is 10.7. The van der Waals surface area contributed by atoms with Crippen molar-refractivity contribution in [2.24, 2.45) is 0 Å². The van der Waals surface area contributed by atoms with E-state index >= 15 is 0 Å². The lowest BCUT2D eigenvalue weighted by Crippen LogP contribution is -2.37. The van der Waals surface area contributed by atoms with Crippen molar-refractivity contribution in [3.63, 3.8) is 0 Å². The molecule has 1 aliphatic heterocycles. The van der Waals surface area contributed by atoms with E-state index in [4.69, 9.17) is 0 Å². The molecule has 0 bridgehead atoms. The van der Waals surface area contributed by atoms with Crippen LogP contribution in [0.15, 0.2) is 16.6 Å². The Morgan fingerprint density at radius 2 is 2.00 bits per heavy atom. The Kier molecular flexibility index (Phi) is 3.60. The van der Waals surface area contributed by atoms with E-state index in [0.717, 1.165) is 12.1 Å². The van der Waals surface area contributed by atoms with Crippen molar-refractivity contribution in [3.8, 4) is 0 Å². The van der Waals surface area contributed by atoms with Gasteiger partial charge in [0.15, 0.2) is 11.6 Å². The molecule has 0 aromatic heterocycles. The van der Waals surface area contributed by atoms with Crippen LogP contribution in [0.3, 0.4) is 0 Å². The second kappa shape index (κ2) is 5.01. The van der Waals surface area contributed by atoms with Gasteiger partial charge in [-0.3, -0.25) is 9.59 Å². The number of rotatable bonds is 2. The average Bonchev–Trinajstić information content (AvgIpc) is 2.70. The number of benzene rings is 1. The Morgan fingerprint density at radius 1 is 1.39 bits per heavy atom. The third-order valence-electron chi connectivity index (χ3n) is 2.57. The van der Waals surface area contributed by atoms with E-state index in [1.165, 1.54) is 0 Å². The lowest BCUT2D eigenvalue weighted by Gasteiger charge is -2.12. The quantitative estimate of drug-likeness (QED) is 0.875. The lowest BCUT2D eigenvalue weighted by molar-refractivity contribution is -0.122. The number of halogens is 3. The summed E-state index contributed by atoms with van der Waals surface area (Å²) in [5, 5.41) is 4.56. The van der Waals surface area contributed by atoms with Gasteiger partial charge in [0.25, 0.3) is 0 Å². The lowest BCUT2D eigenvalue weighted by atomic mass is 10.2. The molecular formula is C11H9BrF2N2O2. The molecule has 0 saturated carbocycles. The van der Waals surface area contributed by atoms with Gasteiger partial charge in [-0.15, -0.1) is 0 Å². The Morgan fingerprint density at radius 3 is 2.50 bits per heavy atom. The van der Waals surface area contributed by atoms with Crippen molar-refractivity contribution >= 4 is 33.4 Å². The Labute approximate surface area is 110 Å². The molecule has 7 heteroatoms. The summed E-state index contributed by atoms with van der Waals surface area (Å²) < 4.78 is 27.2. The molecule has 4 nitrogen and oxygen atoms in total. The first-order valence-electron chi connectivity index (χ1n) is 5.22. The van der Waals surface area contributed by atoms with Gasteiger partial charge in [0, 0.05) is 10.9 Å². The van der Waals surface area contributed by atoms with Crippen LogP contribution in [0.2, 0.25) is 0 Å². The first kappa shape index (κ1) is 12.9. The van der Waals surface area contributed by atoms with Gasteiger partial charge >= 0.3 is 0 Å². The topological polar surface area (TPSA) is 58.2 Å². The van der Waals surface area contributed by atoms with Gasteiger partial charge in [-0.2, -0.15) is 0 Å². The van der Waals surface area contributed by atoms with E-state index < -0.39 is 29.3 Å². The zero-order chi connectivity index (χ0) is 13.3. The normalized spacial score (nSPS) is 18.6. The van der Waals surface area contributed by atoms with E-state index in [0.29, 0.717) is 6.42 Å². The van der Waals surface area contributed by atoms with Crippen molar-refractivity contribution in [2.75, 3.05) is 5.32 Å². The molecule has 2 N–H and O–H groups in total. The third kappa shape index (κ3) is 2.66. The summed E-state index contributed by atoms with van der Waals surface area (Å²) in [4.78, 5) is 22.6. The summed E-state index contributed by atoms with van der Waals surface area (Å²) in [6.45, 7) is 0. The van der Waals surface area contributed by atoms with E-state index in [9.17, 15) is 18.4 Å².